The lowest BCUT2D eigenvalue weighted by atomic mass is 9.77. The topological polar surface area (TPSA) is 69.6 Å². The van der Waals surface area contributed by atoms with Crippen molar-refractivity contribution in [2.75, 3.05) is 45.2 Å². The number of carbonyl (C=O) groups excluding carboxylic acids is 2. The molecule has 1 unspecified atom stereocenters. The van der Waals surface area contributed by atoms with Crippen LogP contribution in [0.1, 0.15) is 49.8 Å². The quantitative estimate of drug-likeness (QED) is 0.802. The van der Waals surface area contributed by atoms with Crippen molar-refractivity contribution in [3.05, 3.63) is 17.5 Å². The number of carbonyl (C=O) groups is 2. The lowest BCUT2D eigenvalue weighted by molar-refractivity contribution is -0.143. The first kappa shape index (κ1) is 18.2. The van der Waals surface area contributed by atoms with Gasteiger partial charge in [-0.05, 0) is 44.1 Å². The average molecular weight is 371 g/mol. The minimum absolute atomic E-state index is 0.0527. The van der Waals surface area contributed by atoms with Gasteiger partial charge >= 0.3 is 0 Å². The van der Waals surface area contributed by atoms with Crippen LogP contribution in [0.15, 0.2) is 6.20 Å². The van der Waals surface area contributed by atoms with Crippen molar-refractivity contribution in [1.82, 2.24) is 19.8 Å². The van der Waals surface area contributed by atoms with Crippen LogP contribution in [0.3, 0.4) is 0 Å². The third-order valence-corrected chi connectivity index (χ3v) is 6.30. The summed E-state index contributed by atoms with van der Waals surface area (Å²) < 4.78 is 0. The van der Waals surface area contributed by atoms with Crippen molar-refractivity contribution < 1.29 is 9.59 Å². The first-order chi connectivity index (χ1) is 13.0. The van der Waals surface area contributed by atoms with Crippen molar-refractivity contribution in [3.8, 4) is 0 Å². The molecular weight excluding hydrogens is 342 g/mol. The molecule has 0 bridgehead atoms. The summed E-state index contributed by atoms with van der Waals surface area (Å²) in [5.41, 5.74) is 2.30. The van der Waals surface area contributed by atoms with Crippen molar-refractivity contribution in [3.63, 3.8) is 0 Å². The highest BCUT2D eigenvalue weighted by Crippen LogP contribution is 2.44. The van der Waals surface area contributed by atoms with Crippen LogP contribution in [0, 0.1) is 0 Å². The molecule has 0 radical (unpaired) electrons. The summed E-state index contributed by atoms with van der Waals surface area (Å²) in [5, 5.41) is 0. The van der Waals surface area contributed by atoms with Crippen LogP contribution in [0.4, 0.5) is 5.95 Å². The Morgan fingerprint density at radius 2 is 2.04 bits per heavy atom. The van der Waals surface area contributed by atoms with Crippen LogP contribution in [0.2, 0.25) is 0 Å². The molecule has 146 valence electrons. The van der Waals surface area contributed by atoms with Gasteiger partial charge in [0.25, 0.3) is 0 Å². The number of hydrogen-bond acceptors (Lipinski definition) is 5. The number of hydrogen-bond donors (Lipinski definition) is 0. The van der Waals surface area contributed by atoms with E-state index in [0.29, 0.717) is 19.5 Å². The van der Waals surface area contributed by atoms with E-state index in [1.807, 2.05) is 30.1 Å². The minimum Gasteiger partial charge on any atom is -0.347 e. The smallest absolute Gasteiger partial charge is 0.242 e. The zero-order valence-electron chi connectivity index (χ0n) is 16.4. The fourth-order valence-electron chi connectivity index (χ4n) is 4.78. The van der Waals surface area contributed by atoms with Gasteiger partial charge in [0.1, 0.15) is 0 Å². The fourth-order valence-corrected chi connectivity index (χ4v) is 4.78. The van der Waals surface area contributed by atoms with Crippen molar-refractivity contribution in [2.24, 2.45) is 0 Å². The molecule has 27 heavy (non-hydrogen) atoms. The Kier molecular flexibility index (Phi) is 4.78. The largest absolute Gasteiger partial charge is 0.347 e. The van der Waals surface area contributed by atoms with Gasteiger partial charge in [0, 0.05) is 51.8 Å². The van der Waals surface area contributed by atoms with Gasteiger partial charge in [0.2, 0.25) is 17.8 Å². The lowest BCUT2D eigenvalue weighted by Crippen LogP contribution is -2.51. The fraction of sp³-hybridized carbons (Fsp3) is 0.700. The van der Waals surface area contributed by atoms with Gasteiger partial charge in [-0.1, -0.05) is 0 Å². The van der Waals surface area contributed by atoms with E-state index < -0.39 is 0 Å². The molecule has 3 aliphatic rings. The molecule has 3 heterocycles. The molecule has 2 aliphatic heterocycles. The second-order valence-electron chi connectivity index (χ2n) is 8.41. The van der Waals surface area contributed by atoms with Crippen LogP contribution in [0.25, 0.3) is 0 Å². The van der Waals surface area contributed by atoms with Crippen molar-refractivity contribution in [1.29, 1.82) is 0 Å². The summed E-state index contributed by atoms with van der Waals surface area (Å²) in [4.78, 5) is 40.0. The molecule has 1 atom stereocenters. The predicted octanol–water partition coefficient (Wildman–Crippen LogP) is 1.36. The first-order valence-corrected chi connectivity index (χ1v) is 10.1. The number of aryl methyl sites for hydroxylation is 1. The molecule has 2 amide bonds. The number of fused-ring (bicyclic) bond motifs is 2. The SMILES string of the molecule is CN(C)c1ncc2c(n1)C1(CCCN(C(=O)CN3CCCCC3=O)C1)CC2. The Labute approximate surface area is 160 Å². The second kappa shape index (κ2) is 7.09. The van der Waals surface area contributed by atoms with Gasteiger partial charge < -0.3 is 14.7 Å². The number of rotatable bonds is 3. The molecular formula is C20H29N5O2. The summed E-state index contributed by atoms with van der Waals surface area (Å²) >= 11 is 0. The number of piperidine rings is 2. The van der Waals surface area contributed by atoms with Gasteiger partial charge in [-0.2, -0.15) is 0 Å². The van der Waals surface area contributed by atoms with Gasteiger partial charge in [0.15, 0.2) is 0 Å². The van der Waals surface area contributed by atoms with E-state index in [1.165, 1.54) is 5.56 Å². The van der Waals surface area contributed by atoms with Crippen LogP contribution >= 0.6 is 0 Å². The van der Waals surface area contributed by atoms with Crippen molar-refractivity contribution >= 4 is 17.8 Å². The Hall–Kier alpha value is -2.18. The highest BCUT2D eigenvalue weighted by atomic mass is 16.2. The molecule has 7 nitrogen and oxygen atoms in total. The number of likely N-dealkylation sites (tertiary alicyclic amines) is 2. The minimum atomic E-state index is -0.0527. The van der Waals surface area contributed by atoms with Crippen molar-refractivity contribution in [2.45, 2.75) is 50.4 Å². The maximum absolute atomic E-state index is 12.9. The zero-order valence-corrected chi connectivity index (χ0v) is 16.4. The maximum atomic E-state index is 12.9. The van der Waals surface area contributed by atoms with Gasteiger partial charge in [-0.25, -0.2) is 9.97 Å². The van der Waals surface area contributed by atoms with E-state index >= 15 is 0 Å². The Morgan fingerprint density at radius 3 is 2.81 bits per heavy atom. The number of nitrogens with zero attached hydrogens (tertiary/aromatic N) is 5. The van der Waals surface area contributed by atoms with E-state index in [4.69, 9.17) is 4.98 Å². The van der Waals surface area contributed by atoms with E-state index in [9.17, 15) is 9.59 Å². The van der Waals surface area contributed by atoms with Gasteiger partial charge in [-0.3, -0.25) is 9.59 Å². The summed E-state index contributed by atoms with van der Waals surface area (Å²) in [6, 6.07) is 0. The predicted molar refractivity (Wildman–Crippen MR) is 103 cm³/mol. The molecule has 1 aromatic heterocycles. The number of aromatic nitrogens is 2. The summed E-state index contributed by atoms with van der Waals surface area (Å²) in [5.74, 6) is 0.938. The average Bonchev–Trinajstić information content (AvgIpc) is 3.01. The Bertz CT molecular complexity index is 746. The highest BCUT2D eigenvalue weighted by Gasteiger charge is 2.45. The van der Waals surface area contributed by atoms with E-state index in [1.54, 1.807) is 4.90 Å². The van der Waals surface area contributed by atoms with Crippen LogP contribution < -0.4 is 4.90 Å². The molecule has 1 spiro atoms. The molecule has 7 heteroatoms. The molecule has 1 aromatic rings. The third kappa shape index (κ3) is 3.39. The first-order valence-electron chi connectivity index (χ1n) is 10.1. The molecule has 0 N–H and O–H groups in total. The Morgan fingerprint density at radius 1 is 1.19 bits per heavy atom. The molecule has 4 rings (SSSR count). The van der Waals surface area contributed by atoms with E-state index in [2.05, 4.69) is 4.98 Å². The lowest BCUT2D eigenvalue weighted by Gasteiger charge is -2.41. The number of amides is 2. The Balaban J connectivity index is 1.51. The summed E-state index contributed by atoms with van der Waals surface area (Å²) in [7, 11) is 3.91. The second-order valence-corrected chi connectivity index (χ2v) is 8.41. The third-order valence-electron chi connectivity index (χ3n) is 6.30. The van der Waals surface area contributed by atoms with Crippen LogP contribution in [-0.4, -0.2) is 71.9 Å². The monoisotopic (exact) mass is 371 g/mol. The van der Waals surface area contributed by atoms with Crippen LogP contribution in [0.5, 0.6) is 0 Å². The zero-order chi connectivity index (χ0) is 19.0. The maximum Gasteiger partial charge on any atom is 0.242 e. The summed E-state index contributed by atoms with van der Waals surface area (Å²) in [6.45, 7) is 2.44. The van der Waals surface area contributed by atoms with E-state index in [0.717, 1.165) is 56.7 Å². The number of anilines is 1. The molecule has 0 aromatic carbocycles. The molecule has 2 saturated heterocycles. The van der Waals surface area contributed by atoms with Gasteiger partial charge in [-0.15, -0.1) is 0 Å². The molecule has 0 saturated carbocycles. The standard InChI is InChI=1S/C20H29N5O2/c1-23(2)19-21-12-15-7-9-20(18(15)22-19)8-5-11-25(14-20)17(27)13-24-10-4-3-6-16(24)26/h12H,3-11,13-14H2,1-2H3. The summed E-state index contributed by atoms with van der Waals surface area (Å²) in [6.07, 6.45) is 8.54. The molecule has 2 fully saturated rings. The van der Waals surface area contributed by atoms with E-state index in [-0.39, 0.29) is 23.8 Å². The normalized spacial score (nSPS) is 25.0. The molecule has 1 aliphatic carbocycles. The van der Waals surface area contributed by atoms with Gasteiger partial charge in [0.05, 0.1) is 12.2 Å². The van der Waals surface area contributed by atoms with Crippen LogP contribution in [-0.2, 0) is 21.4 Å². The highest BCUT2D eigenvalue weighted by molar-refractivity contribution is 5.85.